The highest BCUT2D eigenvalue weighted by Gasteiger charge is 2.14. The molecule has 8 nitrogen and oxygen atoms in total. The zero-order valence-corrected chi connectivity index (χ0v) is 15.3. The van der Waals surface area contributed by atoms with Gasteiger partial charge in [0.05, 0.1) is 22.2 Å². The van der Waals surface area contributed by atoms with Gasteiger partial charge in [-0.2, -0.15) is 5.10 Å². The van der Waals surface area contributed by atoms with E-state index in [1.165, 1.54) is 30.6 Å². The first kappa shape index (κ1) is 17.3. The van der Waals surface area contributed by atoms with Gasteiger partial charge in [0, 0.05) is 10.7 Å². The number of rotatable bonds is 4. The van der Waals surface area contributed by atoms with E-state index in [0.29, 0.717) is 33.2 Å². The van der Waals surface area contributed by atoms with Gasteiger partial charge in [-0.05, 0) is 48.5 Å². The van der Waals surface area contributed by atoms with Crippen LogP contribution in [0.2, 0.25) is 5.02 Å². The van der Waals surface area contributed by atoms with Crippen molar-refractivity contribution in [3.8, 4) is 5.69 Å². The molecule has 4 aromatic rings. The number of nitrogens with two attached hydrogens (primary N) is 1. The van der Waals surface area contributed by atoms with Crippen LogP contribution in [-0.4, -0.2) is 28.2 Å². The molecule has 2 aromatic heterocycles. The third-order valence-corrected chi connectivity index (χ3v) is 5.53. The second-order valence-electron chi connectivity index (χ2n) is 5.66. The average molecular weight is 401 g/mol. The lowest BCUT2D eigenvalue weighted by Crippen LogP contribution is -2.12. The highest BCUT2D eigenvalue weighted by molar-refractivity contribution is 7.92. The molecule has 0 amide bonds. The lowest BCUT2D eigenvalue weighted by atomic mass is 10.3. The van der Waals surface area contributed by atoms with E-state index in [9.17, 15) is 8.42 Å². The number of nitrogen functional groups attached to an aromatic ring is 1. The van der Waals surface area contributed by atoms with Gasteiger partial charge in [0.1, 0.15) is 12.1 Å². The van der Waals surface area contributed by atoms with Crippen molar-refractivity contribution in [2.24, 2.45) is 0 Å². The Balaban J connectivity index is 1.62. The first-order chi connectivity index (χ1) is 12.9. The Morgan fingerprint density at radius 1 is 1.00 bits per heavy atom. The van der Waals surface area contributed by atoms with Gasteiger partial charge in [-0.25, -0.2) is 23.1 Å². The molecule has 0 saturated heterocycles. The van der Waals surface area contributed by atoms with Gasteiger partial charge >= 0.3 is 0 Å². The van der Waals surface area contributed by atoms with Crippen LogP contribution in [0.1, 0.15) is 0 Å². The molecule has 0 radical (unpaired) electrons. The summed E-state index contributed by atoms with van der Waals surface area (Å²) in [5.41, 5.74) is 7.51. The minimum absolute atomic E-state index is 0.126. The lowest BCUT2D eigenvalue weighted by Gasteiger charge is -2.09. The third kappa shape index (κ3) is 3.29. The van der Waals surface area contributed by atoms with Crippen molar-refractivity contribution in [3.63, 3.8) is 0 Å². The fourth-order valence-electron chi connectivity index (χ4n) is 2.55. The number of halogens is 1. The third-order valence-electron chi connectivity index (χ3n) is 3.88. The predicted molar refractivity (Wildman–Crippen MR) is 103 cm³/mol. The first-order valence-electron chi connectivity index (χ1n) is 7.77. The van der Waals surface area contributed by atoms with Crippen molar-refractivity contribution in [3.05, 3.63) is 66.1 Å². The summed E-state index contributed by atoms with van der Waals surface area (Å²) in [7, 11) is -3.71. The molecule has 0 aliphatic carbocycles. The molecule has 0 unspecified atom stereocenters. The summed E-state index contributed by atoms with van der Waals surface area (Å²) in [6, 6.07) is 12.7. The van der Waals surface area contributed by atoms with Gasteiger partial charge in [-0.3, -0.25) is 4.72 Å². The van der Waals surface area contributed by atoms with Crippen molar-refractivity contribution in [2.75, 3.05) is 10.5 Å². The average Bonchev–Trinajstić information content (AvgIpc) is 3.08. The molecule has 3 N–H and O–H groups in total. The number of nitrogens with zero attached hydrogens (tertiary/aromatic N) is 4. The summed E-state index contributed by atoms with van der Waals surface area (Å²) >= 11 is 5.80. The molecule has 0 fully saturated rings. The van der Waals surface area contributed by atoms with E-state index in [4.69, 9.17) is 17.3 Å². The Kier molecular flexibility index (Phi) is 4.17. The number of fused-ring (bicyclic) bond motifs is 1. The van der Waals surface area contributed by atoms with Crippen LogP contribution in [-0.2, 0) is 10.0 Å². The van der Waals surface area contributed by atoms with Crippen molar-refractivity contribution in [1.29, 1.82) is 0 Å². The number of nitrogens with one attached hydrogen (secondary N) is 1. The molecule has 2 heterocycles. The summed E-state index contributed by atoms with van der Waals surface area (Å²) in [6.07, 6.45) is 2.95. The zero-order chi connectivity index (χ0) is 19.0. The van der Waals surface area contributed by atoms with Crippen LogP contribution in [0.25, 0.3) is 16.7 Å². The predicted octanol–water partition coefficient (Wildman–Crippen LogP) is 2.85. The Morgan fingerprint density at radius 3 is 2.41 bits per heavy atom. The van der Waals surface area contributed by atoms with Gasteiger partial charge in [0.25, 0.3) is 10.0 Å². The number of benzene rings is 2. The molecular formula is C17H13ClN6O2S. The quantitative estimate of drug-likeness (QED) is 0.544. The van der Waals surface area contributed by atoms with Crippen LogP contribution in [0, 0.1) is 0 Å². The molecule has 136 valence electrons. The SMILES string of the molecule is Nc1ncnc2c1cnn2-c1ccc(NS(=O)(=O)c2ccc(Cl)cc2)cc1. The molecule has 4 rings (SSSR count). The molecule has 0 aliphatic rings. The number of anilines is 2. The van der Waals surface area contributed by atoms with E-state index in [1.54, 1.807) is 35.1 Å². The highest BCUT2D eigenvalue weighted by Crippen LogP contribution is 2.22. The Hall–Kier alpha value is -3.17. The number of aromatic nitrogens is 4. The molecule has 10 heteroatoms. The number of hydrogen-bond acceptors (Lipinski definition) is 6. The maximum absolute atomic E-state index is 12.4. The van der Waals surface area contributed by atoms with Gasteiger partial charge in [-0.15, -0.1) is 0 Å². The molecule has 0 aliphatic heterocycles. The lowest BCUT2D eigenvalue weighted by molar-refractivity contribution is 0.601. The van der Waals surface area contributed by atoms with E-state index >= 15 is 0 Å². The molecule has 0 saturated carbocycles. The van der Waals surface area contributed by atoms with E-state index in [1.807, 2.05) is 0 Å². The van der Waals surface area contributed by atoms with E-state index in [0.717, 1.165) is 0 Å². The normalized spacial score (nSPS) is 11.6. The summed E-state index contributed by atoms with van der Waals surface area (Å²) in [5, 5.41) is 5.38. The van der Waals surface area contributed by atoms with Crippen LogP contribution in [0.4, 0.5) is 11.5 Å². The summed E-state index contributed by atoms with van der Waals surface area (Å²) in [6.45, 7) is 0. The number of sulfonamides is 1. The Bertz CT molecular complexity index is 1220. The Labute approximate surface area is 159 Å². The van der Waals surface area contributed by atoms with Crippen molar-refractivity contribution >= 4 is 44.2 Å². The second kappa shape index (κ2) is 6.53. The number of hydrogen-bond donors (Lipinski definition) is 2. The molecule has 0 atom stereocenters. The molecule has 27 heavy (non-hydrogen) atoms. The minimum atomic E-state index is -3.71. The van der Waals surface area contributed by atoms with Crippen LogP contribution in [0.3, 0.4) is 0 Å². The summed E-state index contributed by atoms with van der Waals surface area (Å²) < 4.78 is 29.0. The van der Waals surface area contributed by atoms with Crippen LogP contribution in [0.5, 0.6) is 0 Å². The highest BCUT2D eigenvalue weighted by atomic mass is 35.5. The van der Waals surface area contributed by atoms with Gasteiger partial charge in [-0.1, -0.05) is 11.6 Å². The van der Waals surface area contributed by atoms with Gasteiger partial charge in [0.15, 0.2) is 5.65 Å². The van der Waals surface area contributed by atoms with E-state index in [-0.39, 0.29) is 4.90 Å². The van der Waals surface area contributed by atoms with Crippen LogP contribution < -0.4 is 10.5 Å². The molecule has 0 spiro atoms. The molecule has 0 bridgehead atoms. The van der Waals surface area contributed by atoms with Crippen LogP contribution in [0.15, 0.2) is 66.0 Å². The topological polar surface area (TPSA) is 116 Å². The summed E-state index contributed by atoms with van der Waals surface area (Å²) in [5.74, 6) is 0.346. The second-order valence-corrected chi connectivity index (χ2v) is 7.78. The van der Waals surface area contributed by atoms with Gasteiger partial charge in [0.2, 0.25) is 0 Å². The first-order valence-corrected chi connectivity index (χ1v) is 9.63. The van der Waals surface area contributed by atoms with Crippen molar-refractivity contribution < 1.29 is 8.42 Å². The van der Waals surface area contributed by atoms with Crippen molar-refractivity contribution in [2.45, 2.75) is 4.90 Å². The van der Waals surface area contributed by atoms with Crippen molar-refractivity contribution in [1.82, 2.24) is 19.7 Å². The van der Waals surface area contributed by atoms with E-state index < -0.39 is 10.0 Å². The maximum atomic E-state index is 12.4. The smallest absolute Gasteiger partial charge is 0.261 e. The van der Waals surface area contributed by atoms with E-state index in [2.05, 4.69) is 19.8 Å². The Morgan fingerprint density at radius 2 is 1.70 bits per heavy atom. The largest absolute Gasteiger partial charge is 0.383 e. The zero-order valence-electron chi connectivity index (χ0n) is 13.7. The standard InChI is InChI=1S/C17H13ClN6O2S/c18-11-1-7-14(8-2-11)27(25,26)23-12-3-5-13(6-4-12)24-17-15(9-22-24)16(19)20-10-21-17/h1-10,23H,(H2,19,20,21). The van der Waals surface area contributed by atoms with Crippen LogP contribution >= 0.6 is 11.6 Å². The fourth-order valence-corrected chi connectivity index (χ4v) is 3.73. The molecule has 2 aromatic carbocycles. The monoisotopic (exact) mass is 400 g/mol. The summed E-state index contributed by atoms with van der Waals surface area (Å²) in [4.78, 5) is 8.25. The minimum Gasteiger partial charge on any atom is -0.383 e. The maximum Gasteiger partial charge on any atom is 0.261 e. The van der Waals surface area contributed by atoms with Gasteiger partial charge < -0.3 is 5.73 Å². The molecular weight excluding hydrogens is 388 g/mol. The fraction of sp³-hybridized carbons (Fsp3) is 0.